The molecule has 1 saturated carbocycles. The van der Waals surface area contributed by atoms with Crippen LogP contribution in [-0.2, 0) is 0 Å². The number of amides is 1. The molecule has 26 heavy (non-hydrogen) atoms. The lowest BCUT2D eigenvalue weighted by atomic mass is 10.1. The van der Waals surface area contributed by atoms with Crippen LogP contribution in [0.15, 0.2) is 42.7 Å². The molecule has 1 aromatic carbocycles. The molecule has 5 heteroatoms. The van der Waals surface area contributed by atoms with E-state index in [2.05, 4.69) is 21.5 Å². The number of rotatable bonds is 3. The summed E-state index contributed by atoms with van der Waals surface area (Å²) in [5.74, 6) is 1.87. The van der Waals surface area contributed by atoms with Gasteiger partial charge >= 0.3 is 0 Å². The lowest BCUT2D eigenvalue weighted by Crippen LogP contribution is -2.30. The van der Waals surface area contributed by atoms with Crippen LogP contribution < -0.4 is 0 Å². The Balaban J connectivity index is 1.42. The van der Waals surface area contributed by atoms with Gasteiger partial charge in [0.25, 0.3) is 5.91 Å². The zero-order valence-electron chi connectivity index (χ0n) is 14.9. The summed E-state index contributed by atoms with van der Waals surface area (Å²) in [6.07, 6.45) is 7.17. The smallest absolute Gasteiger partial charge is 0.273 e. The van der Waals surface area contributed by atoms with E-state index >= 15 is 0 Å². The summed E-state index contributed by atoms with van der Waals surface area (Å²) in [5.41, 5.74) is 1.77. The molecule has 1 unspecified atom stereocenters. The molecule has 1 amide bonds. The van der Waals surface area contributed by atoms with Gasteiger partial charge in [-0.1, -0.05) is 24.3 Å². The van der Waals surface area contributed by atoms with E-state index in [1.54, 1.807) is 6.20 Å². The first-order chi connectivity index (χ1) is 12.7. The quantitative estimate of drug-likeness (QED) is 0.726. The van der Waals surface area contributed by atoms with Crippen molar-refractivity contribution in [2.75, 3.05) is 13.1 Å². The molecule has 5 rings (SSSR count). The predicted molar refractivity (Wildman–Crippen MR) is 100 cm³/mol. The van der Waals surface area contributed by atoms with Gasteiger partial charge in [-0.15, -0.1) is 0 Å². The van der Waals surface area contributed by atoms with Crippen molar-refractivity contribution in [3.8, 4) is 0 Å². The van der Waals surface area contributed by atoms with E-state index in [-0.39, 0.29) is 5.91 Å². The van der Waals surface area contributed by atoms with Gasteiger partial charge < -0.3 is 9.47 Å². The van der Waals surface area contributed by atoms with Gasteiger partial charge in [0.05, 0.1) is 6.04 Å². The summed E-state index contributed by atoms with van der Waals surface area (Å²) in [4.78, 5) is 24.1. The monoisotopic (exact) mass is 346 g/mol. The fourth-order valence-corrected chi connectivity index (χ4v) is 4.16. The van der Waals surface area contributed by atoms with Gasteiger partial charge in [0.1, 0.15) is 11.5 Å². The molecule has 1 aliphatic carbocycles. The zero-order valence-corrected chi connectivity index (χ0v) is 14.9. The SMILES string of the molecule is Cc1cnc(C2CC2)n1C1CCN(C(=O)c2nccc3ccccc23)C1. The molecule has 0 radical (unpaired) electrons. The van der Waals surface area contributed by atoms with E-state index in [9.17, 15) is 4.79 Å². The number of fused-ring (bicyclic) bond motifs is 1. The van der Waals surface area contributed by atoms with Crippen molar-refractivity contribution in [2.24, 2.45) is 0 Å². The summed E-state index contributed by atoms with van der Waals surface area (Å²) in [5, 5.41) is 1.99. The molecule has 3 heterocycles. The van der Waals surface area contributed by atoms with Crippen LogP contribution in [0.4, 0.5) is 0 Å². The van der Waals surface area contributed by atoms with Gasteiger partial charge in [-0.2, -0.15) is 0 Å². The number of aryl methyl sites for hydroxylation is 1. The number of hydrogen-bond donors (Lipinski definition) is 0. The Bertz CT molecular complexity index is 983. The van der Waals surface area contributed by atoms with Crippen molar-refractivity contribution in [3.05, 3.63) is 59.9 Å². The topological polar surface area (TPSA) is 51.0 Å². The van der Waals surface area contributed by atoms with Gasteiger partial charge in [-0.3, -0.25) is 9.78 Å². The number of nitrogens with zero attached hydrogens (tertiary/aromatic N) is 4. The molecule has 2 aromatic heterocycles. The number of imidazole rings is 1. The third-order valence-electron chi connectivity index (χ3n) is 5.64. The third kappa shape index (κ3) is 2.50. The first kappa shape index (κ1) is 15.6. The minimum Gasteiger partial charge on any atom is -0.335 e. The molecule has 1 atom stereocenters. The molecule has 2 aliphatic rings. The highest BCUT2D eigenvalue weighted by Crippen LogP contribution is 2.41. The first-order valence-corrected chi connectivity index (χ1v) is 9.39. The van der Waals surface area contributed by atoms with E-state index < -0.39 is 0 Å². The molecule has 3 aromatic rings. The highest BCUT2D eigenvalue weighted by atomic mass is 16.2. The molecule has 0 N–H and O–H groups in total. The summed E-state index contributed by atoms with van der Waals surface area (Å²) >= 11 is 0. The standard InChI is InChI=1S/C21H22N4O/c1-14-12-23-20(16-6-7-16)25(14)17-9-11-24(13-17)21(26)19-18-5-3-2-4-15(18)8-10-22-19/h2-5,8,10,12,16-17H,6-7,9,11,13H2,1H3. The Morgan fingerprint density at radius 2 is 1.96 bits per heavy atom. The van der Waals surface area contributed by atoms with Crippen LogP contribution >= 0.6 is 0 Å². The predicted octanol–water partition coefficient (Wildman–Crippen LogP) is 3.70. The van der Waals surface area contributed by atoms with Crippen LogP contribution in [0.25, 0.3) is 10.8 Å². The zero-order chi connectivity index (χ0) is 17.7. The number of likely N-dealkylation sites (tertiary alicyclic amines) is 1. The maximum absolute atomic E-state index is 13.1. The van der Waals surface area contributed by atoms with Crippen LogP contribution in [0.2, 0.25) is 0 Å². The second kappa shape index (κ2) is 5.94. The van der Waals surface area contributed by atoms with E-state index in [0.717, 1.165) is 30.3 Å². The number of aromatic nitrogens is 3. The Labute approximate surface area is 152 Å². The van der Waals surface area contributed by atoms with Gasteiger partial charge in [0.2, 0.25) is 0 Å². The molecule has 2 fully saturated rings. The lowest BCUT2D eigenvalue weighted by Gasteiger charge is -2.20. The van der Waals surface area contributed by atoms with Gasteiger partial charge in [0.15, 0.2) is 0 Å². The maximum atomic E-state index is 13.1. The van der Waals surface area contributed by atoms with Gasteiger partial charge in [-0.05, 0) is 37.6 Å². The Hall–Kier alpha value is -2.69. The molecule has 132 valence electrons. The average molecular weight is 346 g/mol. The normalized spacial score (nSPS) is 20.0. The molecular formula is C21H22N4O. The van der Waals surface area contributed by atoms with Crippen molar-refractivity contribution in [1.29, 1.82) is 0 Å². The molecule has 1 saturated heterocycles. The van der Waals surface area contributed by atoms with Crippen LogP contribution in [0, 0.1) is 6.92 Å². The Morgan fingerprint density at radius 1 is 1.12 bits per heavy atom. The van der Waals surface area contributed by atoms with E-state index in [1.807, 2.05) is 41.4 Å². The van der Waals surface area contributed by atoms with Crippen LogP contribution in [-0.4, -0.2) is 38.4 Å². The molecule has 1 aliphatic heterocycles. The number of carbonyl (C=O) groups excluding carboxylic acids is 1. The maximum Gasteiger partial charge on any atom is 0.273 e. The van der Waals surface area contributed by atoms with Gasteiger partial charge in [-0.25, -0.2) is 4.98 Å². The minimum absolute atomic E-state index is 0.0371. The third-order valence-corrected chi connectivity index (χ3v) is 5.64. The van der Waals surface area contributed by atoms with Crippen LogP contribution in [0.1, 0.15) is 53.2 Å². The van der Waals surface area contributed by atoms with Crippen molar-refractivity contribution < 1.29 is 4.79 Å². The highest BCUT2D eigenvalue weighted by Gasteiger charge is 2.35. The van der Waals surface area contributed by atoms with Crippen molar-refractivity contribution >= 4 is 16.7 Å². The Kier molecular flexibility index (Phi) is 3.55. The minimum atomic E-state index is 0.0371. The molecular weight excluding hydrogens is 324 g/mol. The fraction of sp³-hybridized carbons (Fsp3) is 0.381. The second-order valence-electron chi connectivity index (χ2n) is 7.48. The summed E-state index contributed by atoms with van der Waals surface area (Å²) < 4.78 is 2.38. The summed E-state index contributed by atoms with van der Waals surface area (Å²) in [6.45, 7) is 3.63. The second-order valence-corrected chi connectivity index (χ2v) is 7.48. The van der Waals surface area contributed by atoms with E-state index in [1.165, 1.54) is 24.4 Å². The van der Waals surface area contributed by atoms with Crippen LogP contribution in [0.3, 0.4) is 0 Å². The summed E-state index contributed by atoms with van der Waals surface area (Å²) in [7, 11) is 0. The molecule has 5 nitrogen and oxygen atoms in total. The van der Waals surface area contributed by atoms with Crippen molar-refractivity contribution in [1.82, 2.24) is 19.4 Å². The van der Waals surface area contributed by atoms with Crippen LogP contribution in [0.5, 0.6) is 0 Å². The molecule has 0 spiro atoms. The largest absolute Gasteiger partial charge is 0.335 e. The van der Waals surface area contributed by atoms with Crippen molar-refractivity contribution in [2.45, 2.75) is 38.1 Å². The lowest BCUT2D eigenvalue weighted by molar-refractivity contribution is 0.0784. The Morgan fingerprint density at radius 3 is 2.81 bits per heavy atom. The average Bonchev–Trinajstić information content (AvgIpc) is 3.27. The highest BCUT2D eigenvalue weighted by molar-refractivity contribution is 6.05. The van der Waals surface area contributed by atoms with Crippen molar-refractivity contribution in [3.63, 3.8) is 0 Å². The molecule has 0 bridgehead atoms. The summed E-state index contributed by atoms with van der Waals surface area (Å²) in [6, 6.07) is 10.2. The number of hydrogen-bond acceptors (Lipinski definition) is 3. The number of carbonyl (C=O) groups is 1. The number of pyridine rings is 1. The number of benzene rings is 1. The van der Waals surface area contributed by atoms with E-state index in [4.69, 9.17) is 0 Å². The fourth-order valence-electron chi connectivity index (χ4n) is 4.16. The van der Waals surface area contributed by atoms with Gasteiger partial charge in [0, 0.05) is 42.5 Å². The first-order valence-electron chi connectivity index (χ1n) is 9.39. The van der Waals surface area contributed by atoms with E-state index in [0.29, 0.717) is 17.7 Å².